The Hall–Kier alpha value is -2.76. The Balaban J connectivity index is 1.10. The second kappa shape index (κ2) is 9.12. The molecule has 2 aromatic heterocycles. The van der Waals surface area contributed by atoms with Gasteiger partial charge in [-0.3, -0.25) is 9.88 Å². The van der Waals surface area contributed by atoms with Crippen LogP contribution >= 0.6 is 11.6 Å². The number of hydrogen-bond acceptors (Lipinski definition) is 5. The van der Waals surface area contributed by atoms with Crippen molar-refractivity contribution in [1.29, 1.82) is 0 Å². The molecule has 2 aliphatic rings. The molecule has 1 aliphatic carbocycles. The summed E-state index contributed by atoms with van der Waals surface area (Å²) in [6.45, 7) is 4.25. The number of rotatable bonds is 4. The molecule has 2 fully saturated rings. The zero-order valence-electron chi connectivity index (χ0n) is 19.5. The molecular formula is C28H30ClN3O2. The van der Waals surface area contributed by atoms with Crippen molar-refractivity contribution >= 4 is 39.2 Å². The third kappa shape index (κ3) is 3.81. The first-order valence-corrected chi connectivity index (χ1v) is 12.7. The Kier molecular flexibility index (Phi) is 5.84. The van der Waals surface area contributed by atoms with E-state index in [2.05, 4.69) is 39.0 Å². The molecule has 0 atom stereocenters. The van der Waals surface area contributed by atoms with Gasteiger partial charge in [-0.25, -0.2) is 0 Å². The fourth-order valence-electron chi connectivity index (χ4n) is 5.99. The van der Waals surface area contributed by atoms with Gasteiger partial charge >= 0.3 is 0 Å². The van der Waals surface area contributed by atoms with Crippen molar-refractivity contribution in [2.45, 2.75) is 37.6 Å². The molecule has 0 spiro atoms. The quantitative estimate of drug-likeness (QED) is 0.337. The average molecular weight is 476 g/mol. The first kappa shape index (κ1) is 21.8. The molecule has 176 valence electrons. The molecule has 1 saturated carbocycles. The normalized spacial score (nSPS) is 21.9. The topological polar surface area (TPSA) is 41.7 Å². The molecule has 4 aromatic rings. The summed E-state index contributed by atoms with van der Waals surface area (Å²) in [4.78, 5) is 9.81. The van der Waals surface area contributed by atoms with Crippen LogP contribution in [0.25, 0.3) is 21.9 Å². The van der Waals surface area contributed by atoms with Gasteiger partial charge in [-0.2, -0.15) is 0 Å². The maximum atomic E-state index is 6.41. The van der Waals surface area contributed by atoms with Crippen molar-refractivity contribution in [3.05, 3.63) is 65.5 Å². The SMILES string of the molecule is COc1cccc2c1occ2[C@H]1CC[C@H](N2CCN(c3ccc(Cl)c4cccnc34)CC2)CC1. The van der Waals surface area contributed by atoms with Gasteiger partial charge in [0.05, 0.1) is 29.6 Å². The summed E-state index contributed by atoms with van der Waals surface area (Å²) in [5.41, 5.74) is 4.43. The zero-order valence-corrected chi connectivity index (χ0v) is 20.3. The number of fused-ring (bicyclic) bond motifs is 2. The number of pyridine rings is 1. The van der Waals surface area contributed by atoms with E-state index in [1.54, 1.807) is 7.11 Å². The number of para-hydroxylation sites is 1. The van der Waals surface area contributed by atoms with E-state index in [9.17, 15) is 0 Å². The summed E-state index contributed by atoms with van der Waals surface area (Å²) < 4.78 is 11.4. The molecule has 6 rings (SSSR count). The van der Waals surface area contributed by atoms with Gasteiger partial charge in [-0.15, -0.1) is 0 Å². The fraction of sp³-hybridized carbons (Fsp3) is 0.393. The molecule has 34 heavy (non-hydrogen) atoms. The van der Waals surface area contributed by atoms with Crippen LogP contribution in [0.15, 0.2) is 59.3 Å². The molecule has 0 radical (unpaired) electrons. The smallest absolute Gasteiger partial charge is 0.175 e. The van der Waals surface area contributed by atoms with Crippen LogP contribution in [0.1, 0.15) is 37.2 Å². The summed E-state index contributed by atoms with van der Waals surface area (Å²) in [6, 6.07) is 15.0. The van der Waals surface area contributed by atoms with Crippen LogP contribution in [0, 0.1) is 0 Å². The van der Waals surface area contributed by atoms with E-state index in [4.69, 9.17) is 20.8 Å². The number of piperazine rings is 1. The Morgan fingerprint density at radius 1 is 0.941 bits per heavy atom. The van der Waals surface area contributed by atoms with E-state index in [0.717, 1.165) is 53.4 Å². The summed E-state index contributed by atoms with van der Waals surface area (Å²) >= 11 is 6.41. The molecule has 1 aliphatic heterocycles. The van der Waals surface area contributed by atoms with Crippen LogP contribution in [0.4, 0.5) is 5.69 Å². The highest BCUT2D eigenvalue weighted by atomic mass is 35.5. The Morgan fingerprint density at radius 2 is 1.74 bits per heavy atom. The fourth-order valence-corrected chi connectivity index (χ4v) is 6.20. The molecule has 3 heterocycles. The minimum absolute atomic E-state index is 0.567. The van der Waals surface area contributed by atoms with E-state index >= 15 is 0 Å². The van der Waals surface area contributed by atoms with Gasteiger partial charge in [0.2, 0.25) is 0 Å². The number of methoxy groups -OCH3 is 1. The lowest BCUT2D eigenvalue weighted by Gasteiger charge is -2.42. The van der Waals surface area contributed by atoms with E-state index in [1.807, 2.05) is 30.7 Å². The second-order valence-electron chi connectivity index (χ2n) is 9.52. The molecule has 6 heteroatoms. The monoisotopic (exact) mass is 475 g/mol. The van der Waals surface area contributed by atoms with Crippen molar-refractivity contribution in [2.24, 2.45) is 0 Å². The highest BCUT2D eigenvalue weighted by molar-refractivity contribution is 6.35. The molecule has 5 nitrogen and oxygen atoms in total. The Morgan fingerprint density at radius 3 is 2.53 bits per heavy atom. The van der Waals surface area contributed by atoms with Crippen LogP contribution in [-0.4, -0.2) is 49.2 Å². The molecule has 0 bridgehead atoms. The minimum Gasteiger partial charge on any atom is -0.493 e. The standard InChI is InChI=1S/C28H30ClN3O2/c1-33-26-6-2-4-21-23(18-34-28(21)26)19-7-9-20(10-8-19)31-14-16-32(17-15-31)25-12-11-24(29)22-5-3-13-30-27(22)25/h2-6,11-13,18-20H,7-10,14-17H2,1H3/t19-,20-. The van der Waals surface area contributed by atoms with E-state index in [0.29, 0.717) is 12.0 Å². The minimum atomic E-state index is 0.567. The highest BCUT2D eigenvalue weighted by Crippen LogP contribution is 2.41. The molecule has 0 unspecified atom stereocenters. The van der Waals surface area contributed by atoms with Crippen LogP contribution < -0.4 is 9.64 Å². The van der Waals surface area contributed by atoms with Crippen LogP contribution in [0.5, 0.6) is 5.75 Å². The first-order valence-electron chi connectivity index (χ1n) is 12.3. The third-order valence-corrected chi connectivity index (χ3v) is 8.15. The molecule has 0 N–H and O–H groups in total. The highest BCUT2D eigenvalue weighted by Gasteiger charge is 2.30. The Bertz CT molecular complexity index is 1300. The number of furan rings is 1. The molecule has 2 aromatic carbocycles. The molecular weight excluding hydrogens is 446 g/mol. The summed E-state index contributed by atoms with van der Waals surface area (Å²) in [5.74, 6) is 1.39. The van der Waals surface area contributed by atoms with Gasteiger partial charge in [0.15, 0.2) is 11.3 Å². The number of aromatic nitrogens is 1. The number of nitrogens with zero attached hydrogens (tertiary/aromatic N) is 3. The van der Waals surface area contributed by atoms with Crippen molar-refractivity contribution < 1.29 is 9.15 Å². The summed E-state index contributed by atoms with van der Waals surface area (Å²) in [5, 5.41) is 3.01. The maximum absolute atomic E-state index is 6.41. The van der Waals surface area contributed by atoms with Crippen LogP contribution in [-0.2, 0) is 0 Å². The first-order chi connectivity index (χ1) is 16.7. The molecule has 1 saturated heterocycles. The number of anilines is 1. The summed E-state index contributed by atoms with van der Waals surface area (Å²) in [6.07, 6.45) is 8.72. The molecule has 0 amide bonds. The summed E-state index contributed by atoms with van der Waals surface area (Å²) in [7, 11) is 1.70. The van der Waals surface area contributed by atoms with Gasteiger partial charge in [-0.05, 0) is 61.9 Å². The van der Waals surface area contributed by atoms with E-state index in [1.165, 1.54) is 42.3 Å². The Labute approximate surface area is 205 Å². The van der Waals surface area contributed by atoms with Gasteiger partial charge in [0, 0.05) is 54.8 Å². The largest absolute Gasteiger partial charge is 0.493 e. The lowest BCUT2D eigenvalue weighted by atomic mass is 9.81. The van der Waals surface area contributed by atoms with Crippen molar-refractivity contribution in [3.8, 4) is 5.75 Å². The number of benzene rings is 2. The van der Waals surface area contributed by atoms with Gasteiger partial charge < -0.3 is 14.1 Å². The number of halogens is 1. The predicted molar refractivity (Wildman–Crippen MR) is 138 cm³/mol. The predicted octanol–water partition coefficient (Wildman–Crippen LogP) is 6.49. The van der Waals surface area contributed by atoms with Gasteiger partial charge in [-0.1, -0.05) is 23.7 Å². The van der Waals surface area contributed by atoms with Crippen LogP contribution in [0.2, 0.25) is 5.02 Å². The van der Waals surface area contributed by atoms with E-state index in [-0.39, 0.29) is 0 Å². The van der Waals surface area contributed by atoms with E-state index < -0.39 is 0 Å². The van der Waals surface area contributed by atoms with Crippen LogP contribution in [0.3, 0.4) is 0 Å². The third-order valence-electron chi connectivity index (χ3n) is 7.82. The van der Waals surface area contributed by atoms with Crippen molar-refractivity contribution in [3.63, 3.8) is 0 Å². The zero-order chi connectivity index (χ0) is 23.1. The van der Waals surface area contributed by atoms with Gasteiger partial charge in [0.1, 0.15) is 0 Å². The lowest BCUT2D eigenvalue weighted by Crippen LogP contribution is -2.51. The van der Waals surface area contributed by atoms with Gasteiger partial charge in [0.25, 0.3) is 0 Å². The maximum Gasteiger partial charge on any atom is 0.175 e. The van der Waals surface area contributed by atoms with Crippen molar-refractivity contribution in [2.75, 3.05) is 38.2 Å². The average Bonchev–Trinajstić information content (AvgIpc) is 3.34. The number of ether oxygens (including phenoxy) is 1. The second-order valence-corrected chi connectivity index (χ2v) is 9.93. The lowest BCUT2D eigenvalue weighted by molar-refractivity contribution is 0.141. The van der Waals surface area contributed by atoms with Crippen molar-refractivity contribution in [1.82, 2.24) is 9.88 Å². The number of hydrogen-bond donors (Lipinski definition) is 0.